The lowest BCUT2D eigenvalue weighted by atomic mass is 10.1. The third-order valence-electron chi connectivity index (χ3n) is 2.33. The zero-order valence-corrected chi connectivity index (χ0v) is 8.68. The molecule has 1 saturated heterocycles. The monoisotopic (exact) mass is 226 g/mol. The molecule has 5 heteroatoms. The third-order valence-corrected chi connectivity index (χ3v) is 2.33. The fourth-order valence-electron chi connectivity index (χ4n) is 1.53. The molecular formula is C10H17F3O2. The van der Waals surface area contributed by atoms with Crippen LogP contribution in [0.1, 0.15) is 32.1 Å². The SMILES string of the molecule is FC(F)(F)CCCOCC1CCCCO1. The first kappa shape index (κ1) is 12.8. The quantitative estimate of drug-likeness (QED) is 0.671. The van der Waals surface area contributed by atoms with E-state index in [2.05, 4.69) is 0 Å². The Bertz CT molecular complexity index is 165. The summed E-state index contributed by atoms with van der Waals surface area (Å²) in [6.45, 7) is 1.34. The second kappa shape index (κ2) is 6.33. The minimum Gasteiger partial charge on any atom is -0.379 e. The smallest absolute Gasteiger partial charge is 0.379 e. The fourth-order valence-corrected chi connectivity index (χ4v) is 1.53. The molecule has 0 aliphatic carbocycles. The van der Waals surface area contributed by atoms with Crippen LogP contribution in [0.2, 0.25) is 0 Å². The molecule has 1 rings (SSSR count). The summed E-state index contributed by atoms with van der Waals surface area (Å²) in [6, 6.07) is 0. The van der Waals surface area contributed by atoms with E-state index in [-0.39, 0.29) is 19.1 Å². The van der Waals surface area contributed by atoms with Crippen molar-refractivity contribution in [3.63, 3.8) is 0 Å². The molecule has 0 saturated carbocycles. The molecule has 0 aromatic rings. The van der Waals surface area contributed by atoms with Crippen LogP contribution in [0.25, 0.3) is 0 Å². The van der Waals surface area contributed by atoms with Gasteiger partial charge in [0, 0.05) is 19.6 Å². The Labute approximate surface area is 87.7 Å². The van der Waals surface area contributed by atoms with Crippen LogP contribution in [0, 0.1) is 0 Å². The van der Waals surface area contributed by atoms with Crippen LogP contribution in [0.5, 0.6) is 0 Å². The van der Waals surface area contributed by atoms with E-state index in [1.165, 1.54) is 0 Å². The van der Waals surface area contributed by atoms with Crippen molar-refractivity contribution in [2.75, 3.05) is 19.8 Å². The number of ether oxygens (including phenoxy) is 2. The number of alkyl halides is 3. The highest BCUT2D eigenvalue weighted by Crippen LogP contribution is 2.21. The largest absolute Gasteiger partial charge is 0.389 e. The van der Waals surface area contributed by atoms with Crippen molar-refractivity contribution in [1.82, 2.24) is 0 Å². The van der Waals surface area contributed by atoms with Gasteiger partial charge in [-0.3, -0.25) is 0 Å². The first-order valence-corrected chi connectivity index (χ1v) is 5.34. The zero-order chi connectivity index (χ0) is 11.1. The van der Waals surface area contributed by atoms with Gasteiger partial charge < -0.3 is 9.47 Å². The van der Waals surface area contributed by atoms with Crippen molar-refractivity contribution in [3.05, 3.63) is 0 Å². The van der Waals surface area contributed by atoms with E-state index in [9.17, 15) is 13.2 Å². The van der Waals surface area contributed by atoms with Gasteiger partial charge in [-0.2, -0.15) is 13.2 Å². The number of hydrogen-bond donors (Lipinski definition) is 0. The van der Waals surface area contributed by atoms with Gasteiger partial charge in [-0.05, 0) is 25.7 Å². The van der Waals surface area contributed by atoms with E-state index in [0.717, 1.165) is 25.9 Å². The third kappa shape index (κ3) is 6.73. The van der Waals surface area contributed by atoms with Gasteiger partial charge in [-0.25, -0.2) is 0 Å². The van der Waals surface area contributed by atoms with E-state index >= 15 is 0 Å². The topological polar surface area (TPSA) is 18.5 Å². The molecule has 1 fully saturated rings. The van der Waals surface area contributed by atoms with Gasteiger partial charge in [0.2, 0.25) is 0 Å². The summed E-state index contributed by atoms with van der Waals surface area (Å²) < 4.78 is 45.8. The molecule has 0 amide bonds. The van der Waals surface area contributed by atoms with Crippen LogP contribution in [-0.2, 0) is 9.47 Å². The van der Waals surface area contributed by atoms with E-state index in [1.54, 1.807) is 0 Å². The second-order valence-electron chi connectivity index (χ2n) is 3.78. The number of rotatable bonds is 5. The van der Waals surface area contributed by atoms with Crippen LogP contribution in [0.3, 0.4) is 0 Å². The maximum Gasteiger partial charge on any atom is 0.389 e. The molecule has 0 bridgehead atoms. The first-order chi connectivity index (χ1) is 7.08. The number of hydrogen-bond acceptors (Lipinski definition) is 2. The predicted octanol–water partition coefficient (Wildman–Crippen LogP) is 2.91. The van der Waals surface area contributed by atoms with Gasteiger partial charge in [0.25, 0.3) is 0 Å². The van der Waals surface area contributed by atoms with Gasteiger partial charge >= 0.3 is 6.18 Å². The molecule has 1 heterocycles. The van der Waals surface area contributed by atoms with Crippen LogP contribution in [0.15, 0.2) is 0 Å². The molecule has 90 valence electrons. The molecule has 15 heavy (non-hydrogen) atoms. The Morgan fingerprint density at radius 3 is 2.67 bits per heavy atom. The standard InChI is InChI=1S/C10H17F3O2/c11-10(12,13)5-3-6-14-8-9-4-1-2-7-15-9/h9H,1-8H2. The van der Waals surface area contributed by atoms with Gasteiger partial charge in [0.05, 0.1) is 12.7 Å². The molecular weight excluding hydrogens is 209 g/mol. The minimum absolute atomic E-state index is 0.0379. The van der Waals surface area contributed by atoms with Gasteiger partial charge in [0.15, 0.2) is 0 Å². The molecule has 1 aliphatic rings. The summed E-state index contributed by atoms with van der Waals surface area (Å²) in [7, 11) is 0. The van der Waals surface area contributed by atoms with Crippen molar-refractivity contribution < 1.29 is 22.6 Å². The highest BCUT2D eigenvalue weighted by molar-refractivity contribution is 4.62. The van der Waals surface area contributed by atoms with Crippen molar-refractivity contribution in [2.24, 2.45) is 0 Å². The average Bonchev–Trinajstić information content (AvgIpc) is 2.17. The maximum atomic E-state index is 11.8. The lowest BCUT2D eigenvalue weighted by molar-refractivity contribution is -0.138. The molecule has 0 spiro atoms. The second-order valence-corrected chi connectivity index (χ2v) is 3.78. The lowest BCUT2D eigenvalue weighted by Gasteiger charge is -2.22. The molecule has 0 radical (unpaired) electrons. The summed E-state index contributed by atoms with van der Waals surface area (Å²) in [4.78, 5) is 0. The Balaban J connectivity index is 1.92. The van der Waals surface area contributed by atoms with E-state index in [1.807, 2.05) is 0 Å². The van der Waals surface area contributed by atoms with Crippen LogP contribution >= 0.6 is 0 Å². The molecule has 2 nitrogen and oxygen atoms in total. The molecule has 0 aromatic heterocycles. The maximum absolute atomic E-state index is 11.8. The van der Waals surface area contributed by atoms with Gasteiger partial charge in [-0.1, -0.05) is 0 Å². The zero-order valence-electron chi connectivity index (χ0n) is 8.68. The van der Waals surface area contributed by atoms with E-state index < -0.39 is 12.6 Å². The van der Waals surface area contributed by atoms with Crippen molar-refractivity contribution in [3.8, 4) is 0 Å². The molecule has 0 N–H and O–H groups in total. The average molecular weight is 226 g/mol. The van der Waals surface area contributed by atoms with Gasteiger partial charge in [0.1, 0.15) is 0 Å². The van der Waals surface area contributed by atoms with Gasteiger partial charge in [-0.15, -0.1) is 0 Å². The normalized spacial score (nSPS) is 23.0. The van der Waals surface area contributed by atoms with Crippen molar-refractivity contribution >= 4 is 0 Å². The summed E-state index contributed by atoms with van der Waals surface area (Å²) in [5.41, 5.74) is 0. The fraction of sp³-hybridized carbons (Fsp3) is 1.00. The molecule has 0 aromatic carbocycles. The van der Waals surface area contributed by atoms with Crippen molar-refractivity contribution in [1.29, 1.82) is 0 Å². The van der Waals surface area contributed by atoms with Crippen molar-refractivity contribution in [2.45, 2.75) is 44.4 Å². The van der Waals surface area contributed by atoms with E-state index in [4.69, 9.17) is 9.47 Å². The molecule has 1 unspecified atom stereocenters. The Morgan fingerprint density at radius 2 is 2.07 bits per heavy atom. The Hall–Kier alpha value is -0.290. The van der Waals surface area contributed by atoms with E-state index in [0.29, 0.717) is 6.61 Å². The predicted molar refractivity (Wildman–Crippen MR) is 49.7 cm³/mol. The molecule has 1 aliphatic heterocycles. The summed E-state index contributed by atoms with van der Waals surface area (Å²) in [6.07, 6.45) is -1.55. The van der Waals surface area contributed by atoms with Crippen LogP contribution in [0.4, 0.5) is 13.2 Å². The van der Waals surface area contributed by atoms with Crippen LogP contribution in [-0.4, -0.2) is 32.1 Å². The Kier molecular flexibility index (Phi) is 5.39. The highest BCUT2D eigenvalue weighted by Gasteiger charge is 2.26. The lowest BCUT2D eigenvalue weighted by Crippen LogP contribution is -2.24. The summed E-state index contributed by atoms with van der Waals surface area (Å²) in [5, 5.41) is 0. The molecule has 1 atom stereocenters. The summed E-state index contributed by atoms with van der Waals surface area (Å²) >= 11 is 0. The summed E-state index contributed by atoms with van der Waals surface area (Å²) in [5.74, 6) is 0. The minimum atomic E-state index is -4.06. The Morgan fingerprint density at radius 1 is 1.27 bits per heavy atom. The highest BCUT2D eigenvalue weighted by atomic mass is 19.4. The first-order valence-electron chi connectivity index (χ1n) is 5.34. The number of halogens is 3. The van der Waals surface area contributed by atoms with Crippen LogP contribution < -0.4 is 0 Å².